The van der Waals surface area contributed by atoms with Gasteiger partial charge in [-0.25, -0.2) is 0 Å². The molecule has 6 atom stereocenters. The molecule has 4 aliphatic rings. The highest BCUT2D eigenvalue weighted by molar-refractivity contribution is 6.03. The molecule has 344 valence electrons. The molecule has 3 N–H and O–H groups in total. The molecule has 2 fully saturated rings. The average molecular weight is 854 g/mol. The maximum Gasteiger partial charge on any atom is 0.239 e. The van der Waals surface area contributed by atoms with Gasteiger partial charge in [0.25, 0.3) is 0 Å². The van der Waals surface area contributed by atoms with Crippen LogP contribution in [0.5, 0.6) is 11.5 Å². The number of hydrogen-bond donors (Lipinski definition) is 3. The van der Waals surface area contributed by atoms with Gasteiger partial charge < -0.3 is 44.0 Å². The van der Waals surface area contributed by atoms with Crippen LogP contribution < -0.4 is 9.47 Å². The van der Waals surface area contributed by atoms with Crippen LogP contribution >= 0.6 is 0 Å². The molecule has 1 amide bonds. The van der Waals surface area contributed by atoms with Crippen molar-refractivity contribution >= 4 is 11.6 Å². The Hall–Kier alpha value is -3.00. The first-order valence-electron chi connectivity index (χ1n) is 24.0. The van der Waals surface area contributed by atoms with Gasteiger partial charge in [0, 0.05) is 63.7 Å². The summed E-state index contributed by atoms with van der Waals surface area (Å²) in [7, 11) is 0. The van der Waals surface area contributed by atoms with Gasteiger partial charge in [0.1, 0.15) is 30.8 Å². The second-order valence-electron chi connectivity index (χ2n) is 17.4. The van der Waals surface area contributed by atoms with Gasteiger partial charge in [-0.1, -0.05) is 88.4 Å². The van der Waals surface area contributed by atoms with E-state index in [1.807, 2.05) is 24.0 Å². The molecule has 1 aromatic carbocycles. The van der Waals surface area contributed by atoms with Crippen LogP contribution in [-0.2, 0) is 19.1 Å². The molecule has 12 nitrogen and oxygen atoms in total. The molecule has 1 aromatic rings. The van der Waals surface area contributed by atoms with E-state index >= 15 is 0 Å². The summed E-state index contributed by atoms with van der Waals surface area (Å²) < 4.78 is 26.7. The number of oxime groups is 1. The van der Waals surface area contributed by atoms with Crippen LogP contribution in [-0.4, -0.2) is 128 Å². The van der Waals surface area contributed by atoms with Crippen LogP contribution in [0.3, 0.4) is 0 Å². The van der Waals surface area contributed by atoms with Crippen LogP contribution in [0.25, 0.3) is 0 Å². The minimum Gasteiger partial charge on any atom is -0.492 e. The highest BCUT2D eigenvalue weighted by Crippen LogP contribution is 2.62. The number of unbranched alkanes of at least 4 members (excludes halogenated alkanes) is 10. The summed E-state index contributed by atoms with van der Waals surface area (Å²) in [5.41, 5.74) is 2.86. The Morgan fingerprint density at radius 2 is 1.67 bits per heavy atom. The first-order valence-corrected chi connectivity index (χ1v) is 24.0. The standard InChI is InChI=1S/C49H79N3O9/c1-4-7-8-9-10-11-12-13-14-21-46(56)52(27-32-57-34-30-55)45-37-43(50-60-6-3)41-35-38(19-15-17-28-53)40(20-16-18-29-54)47-42-36-39(58-33-26-51-24-25-51)22-23-44(42)61-49(45,48(41)47)59-31-5-2/h5,22-23,35-36,38,40,45,47-48,53-55H,2,4,6-21,24-34,37H2,1,3H3/t38-,40+,45-,47+,48+,49+/m0/s1. The lowest BCUT2D eigenvalue weighted by Gasteiger charge is -2.60. The molecule has 61 heavy (non-hydrogen) atoms. The molecular formula is C49H79N3O9. The number of allylic oxidation sites excluding steroid dienone is 1. The van der Waals surface area contributed by atoms with E-state index in [1.54, 1.807) is 6.08 Å². The van der Waals surface area contributed by atoms with E-state index in [9.17, 15) is 20.1 Å². The lowest BCUT2D eigenvalue weighted by molar-refractivity contribution is -0.258. The van der Waals surface area contributed by atoms with E-state index in [-0.39, 0.29) is 69.2 Å². The largest absolute Gasteiger partial charge is 0.492 e. The number of rotatable bonds is 33. The van der Waals surface area contributed by atoms with Gasteiger partial charge >= 0.3 is 0 Å². The van der Waals surface area contributed by atoms with Crippen molar-refractivity contribution in [1.29, 1.82) is 0 Å². The predicted octanol–water partition coefficient (Wildman–Crippen LogP) is 7.79. The van der Waals surface area contributed by atoms with Crippen LogP contribution in [0.4, 0.5) is 0 Å². The zero-order valence-electron chi connectivity index (χ0n) is 37.6. The second kappa shape index (κ2) is 26.6. The van der Waals surface area contributed by atoms with Crippen LogP contribution in [0, 0.1) is 17.8 Å². The fourth-order valence-corrected chi connectivity index (χ4v) is 9.98. The number of aliphatic hydroxyl groups is 3. The van der Waals surface area contributed by atoms with Crippen molar-refractivity contribution in [2.75, 3.05) is 79.0 Å². The minimum absolute atomic E-state index is 0.0172. The van der Waals surface area contributed by atoms with Crippen molar-refractivity contribution in [1.82, 2.24) is 9.80 Å². The molecule has 1 saturated carbocycles. The Bertz CT molecular complexity index is 1520. The Labute approximate surface area is 366 Å². The van der Waals surface area contributed by atoms with Gasteiger partial charge in [-0.05, 0) is 74.6 Å². The van der Waals surface area contributed by atoms with E-state index in [0.717, 1.165) is 87.2 Å². The van der Waals surface area contributed by atoms with Gasteiger partial charge in [-0.2, -0.15) is 0 Å². The molecule has 0 radical (unpaired) electrons. The fraction of sp³-hybridized carbons (Fsp3) is 0.755. The molecule has 2 heterocycles. The zero-order valence-corrected chi connectivity index (χ0v) is 37.6. The number of carbonyl (C=O) groups excluding carboxylic acids is 1. The number of carbonyl (C=O) groups is 1. The van der Waals surface area contributed by atoms with Gasteiger partial charge in [0.15, 0.2) is 0 Å². The average Bonchev–Trinajstić information content (AvgIpc) is 4.10. The molecular weight excluding hydrogens is 775 g/mol. The molecule has 0 aromatic heterocycles. The Morgan fingerprint density at radius 3 is 2.36 bits per heavy atom. The second-order valence-corrected chi connectivity index (χ2v) is 17.4. The van der Waals surface area contributed by atoms with E-state index in [0.29, 0.717) is 51.2 Å². The highest BCUT2D eigenvalue weighted by atomic mass is 16.7. The molecule has 0 bridgehead atoms. The van der Waals surface area contributed by atoms with Gasteiger partial charge in [-0.3, -0.25) is 9.69 Å². The number of amides is 1. The predicted molar refractivity (Wildman–Crippen MR) is 240 cm³/mol. The van der Waals surface area contributed by atoms with E-state index in [1.165, 1.54) is 38.5 Å². The van der Waals surface area contributed by atoms with E-state index < -0.39 is 11.8 Å². The smallest absolute Gasteiger partial charge is 0.239 e. The molecule has 2 aliphatic carbocycles. The van der Waals surface area contributed by atoms with Gasteiger partial charge in [0.05, 0.1) is 38.1 Å². The molecule has 5 rings (SSSR count). The first-order chi connectivity index (χ1) is 30.0. The maximum absolute atomic E-state index is 14.8. The molecule has 12 heteroatoms. The number of ether oxygens (including phenoxy) is 4. The third-order valence-electron chi connectivity index (χ3n) is 13.1. The molecule has 0 unspecified atom stereocenters. The summed E-state index contributed by atoms with van der Waals surface area (Å²) >= 11 is 0. The molecule has 0 spiro atoms. The monoisotopic (exact) mass is 854 g/mol. The number of benzene rings is 1. The van der Waals surface area contributed by atoms with Crippen LogP contribution in [0.2, 0.25) is 0 Å². The summed E-state index contributed by atoms with van der Waals surface area (Å²) in [5.74, 6) is -0.00498. The third kappa shape index (κ3) is 13.7. The third-order valence-corrected chi connectivity index (χ3v) is 13.1. The van der Waals surface area contributed by atoms with Crippen molar-refractivity contribution in [3.63, 3.8) is 0 Å². The Kier molecular flexibility index (Phi) is 21.4. The van der Waals surface area contributed by atoms with E-state index in [2.05, 4.69) is 30.5 Å². The molecule has 2 aliphatic heterocycles. The first kappa shape index (κ1) is 49.0. The van der Waals surface area contributed by atoms with Crippen molar-refractivity contribution in [2.45, 2.75) is 141 Å². The van der Waals surface area contributed by atoms with Crippen molar-refractivity contribution in [2.24, 2.45) is 22.9 Å². The zero-order chi connectivity index (χ0) is 43.3. The summed E-state index contributed by atoms with van der Waals surface area (Å²) in [4.78, 5) is 25.0. The SMILES string of the molecule is C=CCO[C@@]12Oc3ccc(OCCN4CC4)cc3[C@H]3[C@H](CCCCO)[C@@H](CCCCO)C=C(C(=NOCC)C[C@@H]1N(CCOCCO)C(=O)CCCCCCCCCCC)[C@H]32. The van der Waals surface area contributed by atoms with Crippen molar-refractivity contribution in [3.05, 3.63) is 48.1 Å². The quantitative estimate of drug-likeness (QED) is 0.0278. The van der Waals surface area contributed by atoms with Crippen molar-refractivity contribution in [3.8, 4) is 11.5 Å². The Morgan fingerprint density at radius 1 is 0.934 bits per heavy atom. The summed E-state index contributed by atoms with van der Waals surface area (Å²) in [6, 6.07) is 5.56. The summed E-state index contributed by atoms with van der Waals surface area (Å²) in [5, 5.41) is 34.2. The lowest BCUT2D eigenvalue weighted by atomic mass is 9.55. The summed E-state index contributed by atoms with van der Waals surface area (Å²) in [6.07, 6.45) is 20.2. The Balaban J connectivity index is 1.60. The van der Waals surface area contributed by atoms with E-state index in [4.69, 9.17) is 28.9 Å². The van der Waals surface area contributed by atoms with Crippen molar-refractivity contribution < 1.29 is 43.9 Å². The van der Waals surface area contributed by atoms with Gasteiger partial charge in [-0.15, -0.1) is 6.58 Å². The van der Waals surface area contributed by atoms with Gasteiger partial charge in [0.2, 0.25) is 11.7 Å². The number of fused-ring (bicyclic) bond motifs is 2. The summed E-state index contributed by atoms with van der Waals surface area (Å²) in [6.45, 7) is 13.4. The topological polar surface area (TPSA) is 143 Å². The normalized spacial score (nSPS) is 24.7. The van der Waals surface area contributed by atoms with Crippen LogP contribution in [0.15, 0.2) is 47.7 Å². The minimum atomic E-state index is -1.32. The molecule has 1 saturated heterocycles. The number of hydrogen-bond acceptors (Lipinski definition) is 11. The lowest BCUT2D eigenvalue weighted by Crippen LogP contribution is -2.70. The number of nitrogens with zero attached hydrogens (tertiary/aromatic N) is 3. The van der Waals surface area contributed by atoms with Crippen LogP contribution in [0.1, 0.15) is 134 Å². The highest BCUT2D eigenvalue weighted by Gasteiger charge is 2.65. The maximum atomic E-state index is 14.8. The fourth-order valence-electron chi connectivity index (χ4n) is 9.98. The number of aliphatic hydroxyl groups excluding tert-OH is 3.